The predicted octanol–water partition coefficient (Wildman–Crippen LogP) is 6.09. The number of hydrogen-bond acceptors (Lipinski definition) is 4. The minimum absolute atomic E-state index is 0.0651. The molecular formula is C25H33BrN2O3. The lowest BCUT2D eigenvalue weighted by molar-refractivity contribution is -0.123. The average Bonchev–Trinajstić information content (AvgIpc) is 2.67. The molecule has 0 unspecified atom stereocenters. The molecule has 6 heteroatoms. The number of benzene rings is 2. The van der Waals surface area contributed by atoms with Gasteiger partial charge >= 0.3 is 0 Å². The van der Waals surface area contributed by atoms with Crippen LogP contribution in [0.2, 0.25) is 0 Å². The Labute approximate surface area is 194 Å². The van der Waals surface area contributed by atoms with Crippen LogP contribution in [0.1, 0.15) is 59.1 Å². The highest BCUT2D eigenvalue weighted by Crippen LogP contribution is 2.36. The van der Waals surface area contributed by atoms with Gasteiger partial charge in [0.15, 0.2) is 6.61 Å². The SMILES string of the molecule is CCOc1ccc(Br)cc1/C=N/NC(=O)COc1ccc(C(C)(C)CC(C)(C)C)cc1. The number of hydrazone groups is 1. The summed E-state index contributed by atoms with van der Waals surface area (Å²) in [5, 5.41) is 4.01. The molecule has 0 atom stereocenters. The third-order valence-electron chi connectivity index (χ3n) is 4.64. The van der Waals surface area contributed by atoms with E-state index in [-0.39, 0.29) is 23.3 Å². The highest BCUT2D eigenvalue weighted by Gasteiger charge is 2.27. The van der Waals surface area contributed by atoms with E-state index in [4.69, 9.17) is 9.47 Å². The molecule has 0 saturated carbocycles. The predicted molar refractivity (Wildman–Crippen MR) is 130 cm³/mol. The highest BCUT2D eigenvalue weighted by molar-refractivity contribution is 9.10. The van der Waals surface area contributed by atoms with Gasteiger partial charge in [-0.3, -0.25) is 4.79 Å². The lowest BCUT2D eigenvalue weighted by Crippen LogP contribution is -2.25. The number of amides is 1. The number of nitrogens with one attached hydrogen (secondary N) is 1. The monoisotopic (exact) mass is 488 g/mol. The molecule has 2 aromatic rings. The molecule has 0 aliphatic heterocycles. The standard InChI is InChI=1S/C25H33BrN2O3/c1-7-30-22-13-10-20(26)14-18(22)15-27-28-23(29)16-31-21-11-8-19(9-12-21)25(5,6)17-24(2,3)4/h8-15H,7,16-17H2,1-6H3,(H,28,29)/b27-15+. The Hall–Kier alpha value is -2.34. The van der Waals surface area contributed by atoms with Gasteiger partial charge in [-0.25, -0.2) is 5.43 Å². The molecule has 5 nitrogen and oxygen atoms in total. The molecule has 0 bridgehead atoms. The molecule has 0 saturated heterocycles. The van der Waals surface area contributed by atoms with Crippen molar-refractivity contribution in [3.63, 3.8) is 0 Å². The molecule has 1 N–H and O–H groups in total. The maximum Gasteiger partial charge on any atom is 0.277 e. The fourth-order valence-corrected chi connectivity index (χ4v) is 4.07. The minimum Gasteiger partial charge on any atom is -0.493 e. The molecule has 0 heterocycles. The first-order valence-electron chi connectivity index (χ1n) is 10.5. The van der Waals surface area contributed by atoms with Gasteiger partial charge in [-0.15, -0.1) is 0 Å². The number of carbonyl (C=O) groups excluding carboxylic acids is 1. The molecule has 31 heavy (non-hydrogen) atoms. The van der Waals surface area contributed by atoms with Crippen LogP contribution in [0.3, 0.4) is 0 Å². The summed E-state index contributed by atoms with van der Waals surface area (Å²) < 4.78 is 12.1. The van der Waals surface area contributed by atoms with Crippen molar-refractivity contribution in [2.75, 3.05) is 13.2 Å². The van der Waals surface area contributed by atoms with Crippen LogP contribution in [0.25, 0.3) is 0 Å². The highest BCUT2D eigenvalue weighted by atomic mass is 79.9. The van der Waals surface area contributed by atoms with E-state index >= 15 is 0 Å². The van der Waals surface area contributed by atoms with Crippen molar-refractivity contribution < 1.29 is 14.3 Å². The van der Waals surface area contributed by atoms with E-state index in [1.165, 1.54) is 5.56 Å². The number of rotatable bonds is 9. The normalized spacial score (nSPS) is 12.1. The largest absolute Gasteiger partial charge is 0.493 e. The van der Waals surface area contributed by atoms with E-state index in [9.17, 15) is 4.79 Å². The molecule has 0 aliphatic rings. The van der Waals surface area contributed by atoms with E-state index < -0.39 is 0 Å². The fraction of sp³-hybridized carbons (Fsp3) is 0.440. The molecule has 0 spiro atoms. The molecule has 2 rings (SSSR count). The zero-order chi connectivity index (χ0) is 23.1. The van der Waals surface area contributed by atoms with Crippen molar-refractivity contribution >= 4 is 28.1 Å². The minimum atomic E-state index is -0.332. The summed E-state index contributed by atoms with van der Waals surface area (Å²) in [6, 6.07) is 13.6. The first-order chi connectivity index (χ1) is 14.5. The van der Waals surface area contributed by atoms with Gasteiger partial charge in [-0.05, 0) is 60.1 Å². The van der Waals surface area contributed by atoms with Crippen LogP contribution in [0.5, 0.6) is 11.5 Å². The van der Waals surface area contributed by atoms with Gasteiger partial charge in [-0.2, -0.15) is 5.10 Å². The summed E-state index contributed by atoms with van der Waals surface area (Å²) >= 11 is 3.43. The molecule has 0 fully saturated rings. The Morgan fingerprint density at radius 1 is 1.06 bits per heavy atom. The van der Waals surface area contributed by atoms with Crippen LogP contribution in [0.15, 0.2) is 52.0 Å². The first kappa shape index (κ1) is 24.9. The van der Waals surface area contributed by atoms with Gasteiger partial charge in [0.2, 0.25) is 0 Å². The number of ether oxygens (including phenoxy) is 2. The maximum atomic E-state index is 12.1. The van der Waals surface area contributed by atoms with Gasteiger partial charge in [0.1, 0.15) is 11.5 Å². The van der Waals surface area contributed by atoms with Crippen LogP contribution in [-0.2, 0) is 10.2 Å². The quantitative estimate of drug-likeness (QED) is 0.343. The summed E-state index contributed by atoms with van der Waals surface area (Å²) in [6.07, 6.45) is 2.63. The number of carbonyl (C=O) groups is 1. The fourth-order valence-electron chi connectivity index (χ4n) is 3.69. The Morgan fingerprint density at radius 2 is 1.74 bits per heavy atom. The molecular weight excluding hydrogens is 456 g/mol. The third-order valence-corrected chi connectivity index (χ3v) is 5.14. The van der Waals surface area contributed by atoms with Crippen molar-refractivity contribution in [3.05, 3.63) is 58.1 Å². The summed E-state index contributed by atoms with van der Waals surface area (Å²) in [4.78, 5) is 12.1. The molecule has 2 aromatic carbocycles. The van der Waals surface area contributed by atoms with Crippen molar-refractivity contribution in [1.29, 1.82) is 0 Å². The van der Waals surface area contributed by atoms with E-state index in [2.05, 4.69) is 73.2 Å². The second-order valence-electron chi connectivity index (χ2n) is 9.34. The van der Waals surface area contributed by atoms with Crippen molar-refractivity contribution in [2.45, 2.75) is 53.4 Å². The molecule has 1 amide bonds. The number of nitrogens with zero attached hydrogens (tertiary/aromatic N) is 1. The average molecular weight is 489 g/mol. The zero-order valence-electron chi connectivity index (χ0n) is 19.3. The lowest BCUT2D eigenvalue weighted by atomic mass is 9.72. The van der Waals surface area contributed by atoms with Crippen LogP contribution in [0, 0.1) is 5.41 Å². The summed E-state index contributed by atoms with van der Waals surface area (Å²) in [6.45, 7) is 13.6. The molecule has 0 aromatic heterocycles. The molecule has 168 valence electrons. The van der Waals surface area contributed by atoms with E-state index in [1.54, 1.807) is 6.21 Å². The smallest absolute Gasteiger partial charge is 0.277 e. The Kier molecular flexibility index (Phi) is 8.69. The Bertz CT molecular complexity index is 900. The van der Waals surface area contributed by atoms with E-state index in [0.717, 1.165) is 16.5 Å². The topological polar surface area (TPSA) is 59.9 Å². The van der Waals surface area contributed by atoms with Crippen molar-refractivity contribution in [1.82, 2.24) is 5.43 Å². The van der Waals surface area contributed by atoms with Crippen LogP contribution in [-0.4, -0.2) is 25.3 Å². The molecule has 0 aliphatic carbocycles. The van der Waals surface area contributed by atoms with Gasteiger partial charge < -0.3 is 9.47 Å². The number of hydrogen-bond donors (Lipinski definition) is 1. The first-order valence-corrected chi connectivity index (χ1v) is 11.3. The van der Waals surface area contributed by atoms with Crippen LogP contribution < -0.4 is 14.9 Å². The van der Waals surface area contributed by atoms with E-state index in [0.29, 0.717) is 18.1 Å². The third kappa shape index (κ3) is 8.37. The summed E-state index contributed by atoms with van der Waals surface area (Å²) in [7, 11) is 0. The zero-order valence-corrected chi connectivity index (χ0v) is 20.9. The van der Waals surface area contributed by atoms with Crippen molar-refractivity contribution in [3.8, 4) is 11.5 Å². The van der Waals surface area contributed by atoms with Gasteiger partial charge in [0, 0.05) is 10.0 Å². The van der Waals surface area contributed by atoms with Gasteiger partial charge in [0.05, 0.1) is 12.8 Å². The Balaban J connectivity index is 1.89. The summed E-state index contributed by atoms with van der Waals surface area (Å²) in [5.74, 6) is 1.02. The van der Waals surface area contributed by atoms with Gasteiger partial charge in [-0.1, -0.05) is 62.7 Å². The number of halogens is 1. The van der Waals surface area contributed by atoms with Crippen LogP contribution in [0.4, 0.5) is 0 Å². The lowest BCUT2D eigenvalue weighted by Gasteiger charge is -2.33. The van der Waals surface area contributed by atoms with Crippen molar-refractivity contribution in [2.24, 2.45) is 10.5 Å². The second kappa shape index (κ2) is 10.8. The van der Waals surface area contributed by atoms with Crippen LogP contribution >= 0.6 is 15.9 Å². The maximum absolute atomic E-state index is 12.1. The second-order valence-corrected chi connectivity index (χ2v) is 10.3. The van der Waals surface area contributed by atoms with E-state index in [1.807, 2.05) is 37.3 Å². The van der Waals surface area contributed by atoms with Gasteiger partial charge in [0.25, 0.3) is 5.91 Å². The summed E-state index contributed by atoms with van der Waals surface area (Å²) in [5.41, 5.74) is 4.82. The molecule has 0 radical (unpaired) electrons. The Morgan fingerprint density at radius 3 is 2.35 bits per heavy atom.